The van der Waals surface area contributed by atoms with E-state index in [0.717, 1.165) is 0 Å². The summed E-state index contributed by atoms with van der Waals surface area (Å²) in [6.07, 6.45) is 5.68. The molecular formula is C23H19ClFN3O3. The maximum Gasteiger partial charge on any atom is 0.295 e. The molecule has 1 N–H and O–H groups in total. The molecule has 158 valence electrons. The van der Waals surface area contributed by atoms with E-state index >= 15 is 0 Å². The molecule has 1 unspecified atom stereocenters. The minimum atomic E-state index is -0.894. The second-order valence-corrected chi connectivity index (χ2v) is 7.64. The van der Waals surface area contributed by atoms with Gasteiger partial charge in [0.2, 0.25) is 0 Å². The number of Topliss-reactive ketones (excluding diaryl/α,β-unsaturated/α-hetero) is 1. The zero-order valence-electron chi connectivity index (χ0n) is 16.4. The Labute approximate surface area is 183 Å². The molecule has 8 heteroatoms. The topological polar surface area (TPSA) is 75.4 Å². The van der Waals surface area contributed by atoms with E-state index in [1.165, 1.54) is 23.1 Å². The van der Waals surface area contributed by atoms with Gasteiger partial charge in [0.15, 0.2) is 0 Å². The van der Waals surface area contributed by atoms with Gasteiger partial charge in [-0.25, -0.2) is 9.37 Å². The van der Waals surface area contributed by atoms with Crippen molar-refractivity contribution >= 4 is 29.1 Å². The van der Waals surface area contributed by atoms with Gasteiger partial charge < -0.3 is 14.6 Å². The van der Waals surface area contributed by atoms with Crippen LogP contribution in [-0.2, 0) is 16.1 Å². The summed E-state index contributed by atoms with van der Waals surface area (Å²) in [5.74, 6) is -2.34. The number of rotatable bonds is 6. The number of aromatic nitrogens is 2. The van der Waals surface area contributed by atoms with Crippen molar-refractivity contribution in [1.29, 1.82) is 0 Å². The number of hydrogen-bond donors (Lipinski definition) is 1. The van der Waals surface area contributed by atoms with Crippen molar-refractivity contribution in [2.45, 2.75) is 19.0 Å². The van der Waals surface area contributed by atoms with E-state index in [-0.39, 0.29) is 17.9 Å². The predicted molar refractivity (Wildman–Crippen MR) is 114 cm³/mol. The highest BCUT2D eigenvalue weighted by molar-refractivity contribution is 6.46. The van der Waals surface area contributed by atoms with E-state index < -0.39 is 23.5 Å². The monoisotopic (exact) mass is 439 g/mol. The number of aliphatic hydroxyl groups is 1. The molecule has 1 saturated heterocycles. The Balaban J connectivity index is 1.73. The van der Waals surface area contributed by atoms with E-state index in [1.54, 1.807) is 49.1 Å². The Morgan fingerprint density at radius 3 is 2.58 bits per heavy atom. The SMILES string of the molecule is O=C1C(=O)N(CCCn2ccnc2)C(c2cccc(F)c2)C1=C(O)c1ccc(Cl)cc1. The Morgan fingerprint density at radius 2 is 1.90 bits per heavy atom. The van der Waals surface area contributed by atoms with Crippen molar-refractivity contribution < 1.29 is 19.1 Å². The number of aliphatic hydroxyl groups excluding tert-OH is 1. The molecule has 4 rings (SSSR count). The van der Waals surface area contributed by atoms with Crippen LogP contribution in [0.1, 0.15) is 23.6 Å². The van der Waals surface area contributed by atoms with Gasteiger partial charge in [-0.05, 0) is 48.4 Å². The number of nitrogens with zero attached hydrogens (tertiary/aromatic N) is 3. The smallest absolute Gasteiger partial charge is 0.295 e. The second-order valence-electron chi connectivity index (χ2n) is 7.21. The number of imidazole rings is 1. The first-order valence-corrected chi connectivity index (χ1v) is 10.1. The third kappa shape index (κ3) is 4.22. The van der Waals surface area contributed by atoms with Crippen LogP contribution in [0.5, 0.6) is 0 Å². The molecule has 2 heterocycles. The van der Waals surface area contributed by atoms with Gasteiger partial charge in [0.1, 0.15) is 11.6 Å². The number of carbonyl (C=O) groups is 2. The molecule has 6 nitrogen and oxygen atoms in total. The highest BCUT2D eigenvalue weighted by atomic mass is 35.5. The molecule has 1 aliphatic rings. The molecule has 1 amide bonds. The average molecular weight is 440 g/mol. The van der Waals surface area contributed by atoms with Crippen molar-refractivity contribution in [2.75, 3.05) is 6.54 Å². The minimum Gasteiger partial charge on any atom is -0.507 e. The highest BCUT2D eigenvalue weighted by Crippen LogP contribution is 2.39. The molecule has 3 aromatic rings. The van der Waals surface area contributed by atoms with Gasteiger partial charge in [0.25, 0.3) is 11.7 Å². The van der Waals surface area contributed by atoms with Crippen LogP contribution in [-0.4, -0.2) is 37.8 Å². The molecule has 2 aromatic carbocycles. The van der Waals surface area contributed by atoms with E-state index in [4.69, 9.17) is 11.6 Å². The molecule has 0 saturated carbocycles. The summed E-state index contributed by atoms with van der Waals surface area (Å²) in [5.41, 5.74) is 0.695. The van der Waals surface area contributed by atoms with Crippen LogP contribution in [0.25, 0.3) is 5.76 Å². The van der Waals surface area contributed by atoms with Crippen LogP contribution in [0.3, 0.4) is 0 Å². The molecule has 0 aliphatic carbocycles. The van der Waals surface area contributed by atoms with Crippen LogP contribution in [0, 0.1) is 5.82 Å². The van der Waals surface area contributed by atoms with Gasteiger partial charge in [-0.2, -0.15) is 0 Å². The van der Waals surface area contributed by atoms with Crippen LogP contribution in [0.15, 0.2) is 72.8 Å². The Hall–Kier alpha value is -3.45. The van der Waals surface area contributed by atoms with Crippen LogP contribution in [0.2, 0.25) is 5.02 Å². The lowest BCUT2D eigenvalue weighted by molar-refractivity contribution is -0.139. The lowest BCUT2D eigenvalue weighted by atomic mass is 9.95. The Bertz CT molecular complexity index is 1140. The van der Waals surface area contributed by atoms with Crippen LogP contribution < -0.4 is 0 Å². The maximum atomic E-state index is 14.0. The number of likely N-dealkylation sites (tertiary alicyclic amines) is 1. The molecule has 1 aromatic heterocycles. The summed E-state index contributed by atoms with van der Waals surface area (Å²) in [6.45, 7) is 0.845. The fourth-order valence-corrected chi connectivity index (χ4v) is 3.87. The molecular weight excluding hydrogens is 421 g/mol. The van der Waals surface area contributed by atoms with E-state index in [1.807, 2.05) is 4.57 Å². The molecule has 31 heavy (non-hydrogen) atoms. The maximum absolute atomic E-state index is 14.0. The molecule has 1 fully saturated rings. The van der Waals surface area contributed by atoms with Gasteiger partial charge in [0, 0.05) is 36.1 Å². The van der Waals surface area contributed by atoms with Gasteiger partial charge in [0.05, 0.1) is 17.9 Å². The minimum absolute atomic E-state index is 0.0689. The summed E-state index contributed by atoms with van der Waals surface area (Å²) in [7, 11) is 0. The largest absolute Gasteiger partial charge is 0.507 e. The lowest BCUT2D eigenvalue weighted by Gasteiger charge is -2.25. The normalized spacial score (nSPS) is 18.0. The van der Waals surface area contributed by atoms with Crippen LogP contribution in [0.4, 0.5) is 4.39 Å². The third-order valence-corrected chi connectivity index (χ3v) is 5.45. The lowest BCUT2D eigenvalue weighted by Crippen LogP contribution is -2.31. The molecule has 0 radical (unpaired) electrons. The van der Waals surface area contributed by atoms with Gasteiger partial charge >= 0.3 is 0 Å². The second kappa shape index (κ2) is 8.73. The third-order valence-electron chi connectivity index (χ3n) is 5.20. The summed E-state index contributed by atoms with van der Waals surface area (Å²) >= 11 is 5.92. The first-order valence-electron chi connectivity index (χ1n) is 9.71. The number of aryl methyl sites for hydroxylation is 1. The molecule has 0 spiro atoms. The Morgan fingerprint density at radius 1 is 1.13 bits per heavy atom. The van der Waals surface area contributed by atoms with Crippen molar-refractivity contribution in [3.63, 3.8) is 0 Å². The number of carbonyl (C=O) groups excluding carboxylic acids is 2. The number of ketones is 1. The van der Waals surface area contributed by atoms with Crippen molar-refractivity contribution in [1.82, 2.24) is 14.5 Å². The number of benzene rings is 2. The van der Waals surface area contributed by atoms with Gasteiger partial charge in [-0.1, -0.05) is 23.7 Å². The summed E-state index contributed by atoms with van der Waals surface area (Å²) in [6, 6.07) is 11.1. The average Bonchev–Trinajstić information content (AvgIpc) is 3.36. The van der Waals surface area contributed by atoms with Crippen molar-refractivity contribution in [2.24, 2.45) is 0 Å². The summed E-state index contributed by atoms with van der Waals surface area (Å²) < 4.78 is 15.8. The summed E-state index contributed by atoms with van der Waals surface area (Å²) in [5, 5.41) is 11.4. The van der Waals surface area contributed by atoms with E-state index in [2.05, 4.69) is 4.98 Å². The molecule has 0 bridgehead atoms. The number of halogens is 2. The zero-order valence-corrected chi connectivity index (χ0v) is 17.2. The van der Waals surface area contributed by atoms with E-state index in [9.17, 15) is 19.1 Å². The van der Waals surface area contributed by atoms with E-state index in [0.29, 0.717) is 29.1 Å². The van der Waals surface area contributed by atoms with Gasteiger partial charge in [-0.3, -0.25) is 9.59 Å². The molecule has 1 aliphatic heterocycles. The van der Waals surface area contributed by atoms with Crippen molar-refractivity contribution in [3.8, 4) is 0 Å². The quantitative estimate of drug-likeness (QED) is 0.355. The number of amides is 1. The first kappa shape index (κ1) is 20.8. The highest BCUT2D eigenvalue weighted by Gasteiger charge is 2.45. The molecule has 1 atom stereocenters. The fraction of sp³-hybridized carbons (Fsp3) is 0.174. The number of hydrogen-bond acceptors (Lipinski definition) is 4. The summed E-state index contributed by atoms with van der Waals surface area (Å²) in [4.78, 5) is 31.1. The predicted octanol–water partition coefficient (Wildman–Crippen LogP) is 4.19. The van der Waals surface area contributed by atoms with Gasteiger partial charge in [-0.15, -0.1) is 0 Å². The van der Waals surface area contributed by atoms with Crippen molar-refractivity contribution in [3.05, 3.63) is 94.8 Å². The fourth-order valence-electron chi connectivity index (χ4n) is 3.74. The standard InChI is InChI=1S/C23H19ClFN3O3/c24-17-7-5-15(6-8-17)21(29)19-20(16-3-1-4-18(25)13-16)28(23(31)22(19)30)11-2-10-27-12-9-26-14-27/h1,3-9,12-14,20,29H,2,10-11H2. The Kier molecular flexibility index (Phi) is 5.86. The van der Waals surface area contributed by atoms with Crippen LogP contribution >= 0.6 is 11.6 Å². The first-order chi connectivity index (χ1) is 15.0. The zero-order chi connectivity index (χ0) is 22.0.